The van der Waals surface area contributed by atoms with Crippen LogP contribution in [-0.4, -0.2) is 14.2 Å². The number of hydrogen-bond donors (Lipinski definition) is 1. The number of nitrogens with two attached hydrogens (primary N) is 1. The lowest BCUT2D eigenvalue weighted by Gasteiger charge is -2.16. The number of halogens is 2. The highest BCUT2D eigenvalue weighted by Crippen LogP contribution is 2.31. The van der Waals surface area contributed by atoms with Crippen molar-refractivity contribution in [1.29, 1.82) is 0 Å². The SMILES string of the molecule is COc1ccc(C(N)Cc2ccc(Cl)cc2Cl)cc1OC. The van der Waals surface area contributed by atoms with Crippen molar-refractivity contribution >= 4 is 23.2 Å². The van der Waals surface area contributed by atoms with E-state index in [9.17, 15) is 0 Å². The molecule has 0 fully saturated rings. The molecule has 0 aliphatic heterocycles. The normalized spacial score (nSPS) is 12.0. The molecule has 1 unspecified atom stereocenters. The van der Waals surface area contributed by atoms with Gasteiger partial charge in [0.05, 0.1) is 14.2 Å². The van der Waals surface area contributed by atoms with Gasteiger partial charge in [-0.2, -0.15) is 0 Å². The topological polar surface area (TPSA) is 44.5 Å². The summed E-state index contributed by atoms with van der Waals surface area (Å²) < 4.78 is 10.5. The van der Waals surface area contributed by atoms with Crippen LogP contribution in [-0.2, 0) is 6.42 Å². The maximum absolute atomic E-state index is 6.26. The van der Waals surface area contributed by atoms with E-state index in [1.807, 2.05) is 30.3 Å². The summed E-state index contributed by atoms with van der Waals surface area (Å²) in [5.41, 5.74) is 8.18. The molecule has 0 saturated heterocycles. The monoisotopic (exact) mass is 325 g/mol. The van der Waals surface area contributed by atoms with Crippen LogP contribution in [0, 0.1) is 0 Å². The molecule has 21 heavy (non-hydrogen) atoms. The van der Waals surface area contributed by atoms with E-state index in [0.717, 1.165) is 11.1 Å². The van der Waals surface area contributed by atoms with Crippen molar-refractivity contribution in [3.8, 4) is 11.5 Å². The lowest BCUT2D eigenvalue weighted by molar-refractivity contribution is 0.354. The van der Waals surface area contributed by atoms with Crippen molar-refractivity contribution in [3.63, 3.8) is 0 Å². The van der Waals surface area contributed by atoms with Crippen LogP contribution < -0.4 is 15.2 Å². The molecule has 1 atom stereocenters. The number of hydrogen-bond acceptors (Lipinski definition) is 3. The summed E-state index contributed by atoms with van der Waals surface area (Å²) in [6.07, 6.45) is 0.617. The van der Waals surface area contributed by atoms with Crippen LogP contribution in [0.3, 0.4) is 0 Å². The van der Waals surface area contributed by atoms with Crippen molar-refractivity contribution in [2.45, 2.75) is 12.5 Å². The molecular formula is C16H17Cl2NO2. The predicted molar refractivity (Wildman–Crippen MR) is 86.6 cm³/mol. The van der Waals surface area contributed by atoms with Gasteiger partial charge in [-0.15, -0.1) is 0 Å². The standard InChI is InChI=1S/C16H17Cl2NO2/c1-20-15-6-4-11(8-16(15)21-2)14(19)7-10-3-5-12(17)9-13(10)18/h3-6,8-9,14H,7,19H2,1-2H3. The highest BCUT2D eigenvalue weighted by atomic mass is 35.5. The molecule has 0 radical (unpaired) electrons. The van der Waals surface area contributed by atoms with E-state index < -0.39 is 0 Å². The van der Waals surface area contributed by atoms with Gasteiger partial charge >= 0.3 is 0 Å². The minimum Gasteiger partial charge on any atom is -0.493 e. The molecule has 0 saturated carbocycles. The Morgan fingerprint density at radius 3 is 2.33 bits per heavy atom. The third-order valence-corrected chi connectivity index (χ3v) is 3.88. The van der Waals surface area contributed by atoms with E-state index in [0.29, 0.717) is 28.0 Å². The van der Waals surface area contributed by atoms with E-state index in [1.165, 1.54) is 0 Å². The molecule has 2 aromatic carbocycles. The van der Waals surface area contributed by atoms with Crippen LogP contribution in [0.2, 0.25) is 10.0 Å². The molecule has 2 N–H and O–H groups in total. The van der Waals surface area contributed by atoms with Gasteiger partial charge in [-0.25, -0.2) is 0 Å². The van der Waals surface area contributed by atoms with Crippen LogP contribution in [0.4, 0.5) is 0 Å². The van der Waals surface area contributed by atoms with Crippen LogP contribution in [0.15, 0.2) is 36.4 Å². The molecule has 0 aliphatic carbocycles. The highest BCUT2D eigenvalue weighted by Gasteiger charge is 2.13. The molecule has 2 aromatic rings. The van der Waals surface area contributed by atoms with Crippen LogP contribution in [0.5, 0.6) is 11.5 Å². The average Bonchev–Trinajstić information content (AvgIpc) is 2.49. The molecule has 3 nitrogen and oxygen atoms in total. The molecule has 0 aromatic heterocycles. The van der Waals surface area contributed by atoms with Gasteiger partial charge < -0.3 is 15.2 Å². The van der Waals surface area contributed by atoms with Crippen molar-refractivity contribution in [1.82, 2.24) is 0 Å². The van der Waals surface area contributed by atoms with Gasteiger partial charge in [0.1, 0.15) is 0 Å². The van der Waals surface area contributed by atoms with Crippen molar-refractivity contribution in [2.75, 3.05) is 14.2 Å². The van der Waals surface area contributed by atoms with Gasteiger partial charge in [0.25, 0.3) is 0 Å². The maximum Gasteiger partial charge on any atom is 0.161 e. The molecule has 0 spiro atoms. The Balaban J connectivity index is 2.21. The minimum absolute atomic E-state index is 0.191. The van der Waals surface area contributed by atoms with Gasteiger partial charge in [0, 0.05) is 16.1 Å². The summed E-state index contributed by atoms with van der Waals surface area (Å²) in [6.45, 7) is 0. The Morgan fingerprint density at radius 2 is 1.71 bits per heavy atom. The first-order chi connectivity index (χ1) is 10.0. The Kier molecular flexibility index (Phi) is 5.34. The second-order valence-corrected chi connectivity index (χ2v) is 5.50. The van der Waals surface area contributed by atoms with Gasteiger partial charge in [0.2, 0.25) is 0 Å². The number of benzene rings is 2. The molecule has 0 aliphatic rings. The summed E-state index contributed by atoms with van der Waals surface area (Å²) in [5.74, 6) is 1.34. The number of rotatable bonds is 5. The zero-order valence-electron chi connectivity index (χ0n) is 11.9. The number of ether oxygens (including phenoxy) is 2. The largest absolute Gasteiger partial charge is 0.493 e. The highest BCUT2D eigenvalue weighted by molar-refractivity contribution is 6.35. The maximum atomic E-state index is 6.26. The van der Waals surface area contributed by atoms with Crippen LogP contribution in [0.1, 0.15) is 17.2 Å². The van der Waals surface area contributed by atoms with E-state index >= 15 is 0 Å². The Bertz CT molecular complexity index is 632. The zero-order valence-corrected chi connectivity index (χ0v) is 13.4. The zero-order chi connectivity index (χ0) is 15.4. The van der Waals surface area contributed by atoms with Crippen molar-refractivity contribution in [2.24, 2.45) is 5.73 Å². The first-order valence-corrected chi connectivity index (χ1v) is 7.22. The summed E-state index contributed by atoms with van der Waals surface area (Å²) in [6, 6.07) is 10.9. The van der Waals surface area contributed by atoms with Gasteiger partial charge in [-0.05, 0) is 41.8 Å². The van der Waals surface area contributed by atoms with Crippen LogP contribution >= 0.6 is 23.2 Å². The first-order valence-electron chi connectivity index (χ1n) is 6.46. The summed E-state index contributed by atoms with van der Waals surface area (Å²) in [7, 11) is 3.20. The van der Waals surface area contributed by atoms with Gasteiger partial charge in [-0.1, -0.05) is 35.3 Å². The molecule has 0 bridgehead atoms. The summed E-state index contributed by atoms with van der Waals surface area (Å²) in [5, 5.41) is 1.24. The van der Waals surface area contributed by atoms with Crippen molar-refractivity contribution < 1.29 is 9.47 Å². The molecule has 112 valence electrons. The quantitative estimate of drug-likeness (QED) is 0.893. The van der Waals surface area contributed by atoms with E-state index in [2.05, 4.69) is 0 Å². The fourth-order valence-electron chi connectivity index (χ4n) is 2.13. The van der Waals surface area contributed by atoms with Gasteiger partial charge in [-0.3, -0.25) is 0 Å². The first kappa shape index (κ1) is 16.0. The molecular weight excluding hydrogens is 309 g/mol. The number of methoxy groups -OCH3 is 2. The minimum atomic E-state index is -0.191. The summed E-state index contributed by atoms with van der Waals surface area (Å²) in [4.78, 5) is 0. The molecule has 0 amide bonds. The second kappa shape index (κ2) is 7.03. The van der Waals surface area contributed by atoms with Gasteiger partial charge in [0.15, 0.2) is 11.5 Å². The fraction of sp³-hybridized carbons (Fsp3) is 0.250. The van der Waals surface area contributed by atoms with E-state index in [-0.39, 0.29) is 6.04 Å². The van der Waals surface area contributed by atoms with Crippen LogP contribution in [0.25, 0.3) is 0 Å². The second-order valence-electron chi connectivity index (χ2n) is 4.66. The molecule has 5 heteroatoms. The molecule has 0 heterocycles. The Morgan fingerprint density at radius 1 is 1.00 bits per heavy atom. The third kappa shape index (κ3) is 3.82. The van der Waals surface area contributed by atoms with Crippen molar-refractivity contribution in [3.05, 3.63) is 57.6 Å². The Hall–Kier alpha value is -1.42. The van der Waals surface area contributed by atoms with E-state index in [4.69, 9.17) is 38.4 Å². The average molecular weight is 326 g/mol. The lowest BCUT2D eigenvalue weighted by Crippen LogP contribution is -2.13. The predicted octanol–water partition coefficient (Wildman–Crippen LogP) is 4.25. The van der Waals surface area contributed by atoms with E-state index in [1.54, 1.807) is 20.3 Å². The smallest absolute Gasteiger partial charge is 0.161 e. The fourth-order valence-corrected chi connectivity index (χ4v) is 2.61. The molecule has 2 rings (SSSR count). The lowest BCUT2D eigenvalue weighted by atomic mass is 9.99. The summed E-state index contributed by atoms with van der Waals surface area (Å²) >= 11 is 12.1. The Labute approximate surface area is 134 Å². The third-order valence-electron chi connectivity index (χ3n) is 3.29.